The van der Waals surface area contributed by atoms with E-state index in [9.17, 15) is 0 Å². The molecular weight excluding hydrogens is 284 g/mol. The van der Waals surface area contributed by atoms with Gasteiger partial charge in [-0.05, 0) is 23.8 Å². The van der Waals surface area contributed by atoms with Crippen molar-refractivity contribution < 1.29 is 4.74 Å². The first kappa shape index (κ1) is 15.7. The molecule has 0 aliphatic heterocycles. The molecule has 0 aromatic heterocycles. The molecule has 0 heterocycles. The molecule has 21 heavy (non-hydrogen) atoms. The fourth-order valence-corrected chi connectivity index (χ4v) is 2.58. The van der Waals surface area contributed by atoms with Crippen molar-refractivity contribution in [3.05, 3.63) is 59.1 Å². The molecule has 1 N–H and O–H groups in total. The third-order valence-corrected chi connectivity index (χ3v) is 3.61. The number of anilines is 2. The van der Waals surface area contributed by atoms with Gasteiger partial charge in [0.15, 0.2) is 0 Å². The topological polar surface area (TPSA) is 24.5 Å². The molecule has 0 aliphatic rings. The van der Waals surface area contributed by atoms with Gasteiger partial charge in [0.1, 0.15) is 0 Å². The summed E-state index contributed by atoms with van der Waals surface area (Å²) in [4.78, 5) is 2.00. The van der Waals surface area contributed by atoms with Gasteiger partial charge < -0.3 is 15.0 Å². The van der Waals surface area contributed by atoms with E-state index < -0.39 is 0 Å². The molecule has 0 saturated heterocycles. The Labute approximate surface area is 131 Å². The van der Waals surface area contributed by atoms with Crippen LogP contribution in [0.3, 0.4) is 0 Å². The van der Waals surface area contributed by atoms with E-state index in [2.05, 4.69) is 17.4 Å². The lowest BCUT2D eigenvalue weighted by molar-refractivity contribution is 0.186. The maximum atomic E-state index is 6.32. The van der Waals surface area contributed by atoms with E-state index >= 15 is 0 Å². The lowest BCUT2D eigenvalue weighted by Gasteiger charge is -2.21. The van der Waals surface area contributed by atoms with Crippen molar-refractivity contribution in [1.29, 1.82) is 0 Å². The summed E-state index contributed by atoms with van der Waals surface area (Å²) in [5.41, 5.74) is 3.17. The second-order valence-corrected chi connectivity index (χ2v) is 5.53. The van der Waals surface area contributed by atoms with E-state index in [1.807, 2.05) is 55.4 Å². The maximum absolute atomic E-state index is 6.32. The van der Waals surface area contributed by atoms with Crippen LogP contribution in [0, 0.1) is 0 Å². The average molecular weight is 305 g/mol. The predicted molar refractivity (Wildman–Crippen MR) is 90.5 cm³/mol. The van der Waals surface area contributed by atoms with Crippen molar-refractivity contribution >= 4 is 23.0 Å². The van der Waals surface area contributed by atoms with Gasteiger partial charge in [0, 0.05) is 26.9 Å². The summed E-state index contributed by atoms with van der Waals surface area (Å²) in [6.07, 6.45) is 0. The second kappa shape index (κ2) is 7.34. The number of hydrogen-bond acceptors (Lipinski definition) is 3. The smallest absolute Gasteiger partial charge is 0.0747 e. The van der Waals surface area contributed by atoms with Crippen LogP contribution in [0.5, 0.6) is 0 Å². The predicted octanol–water partition coefficient (Wildman–Crippen LogP) is 4.21. The molecule has 1 atom stereocenters. The van der Waals surface area contributed by atoms with Crippen LogP contribution in [-0.4, -0.2) is 27.8 Å². The van der Waals surface area contributed by atoms with Gasteiger partial charge >= 0.3 is 0 Å². The Morgan fingerprint density at radius 3 is 2.43 bits per heavy atom. The quantitative estimate of drug-likeness (QED) is 0.865. The standard InChI is InChI=1S/C17H21ClN2O/c1-20(2)17-10-9-14(11-15(17)18)19-16(12-21-3)13-7-5-4-6-8-13/h4-11,16,19H,12H2,1-3H3. The number of nitrogens with zero attached hydrogens (tertiary/aromatic N) is 1. The van der Waals surface area contributed by atoms with Crippen molar-refractivity contribution in [3.63, 3.8) is 0 Å². The highest BCUT2D eigenvalue weighted by Gasteiger charge is 2.12. The van der Waals surface area contributed by atoms with Crippen LogP contribution in [-0.2, 0) is 4.74 Å². The van der Waals surface area contributed by atoms with Crippen LogP contribution in [0.1, 0.15) is 11.6 Å². The van der Waals surface area contributed by atoms with Crippen LogP contribution in [0.25, 0.3) is 0 Å². The van der Waals surface area contributed by atoms with Crippen molar-refractivity contribution in [2.75, 3.05) is 38.0 Å². The lowest BCUT2D eigenvalue weighted by Crippen LogP contribution is -2.16. The molecule has 3 nitrogen and oxygen atoms in total. The molecule has 112 valence electrons. The van der Waals surface area contributed by atoms with Crippen LogP contribution >= 0.6 is 11.6 Å². The van der Waals surface area contributed by atoms with Gasteiger partial charge in [-0.15, -0.1) is 0 Å². The van der Waals surface area contributed by atoms with Gasteiger partial charge in [0.25, 0.3) is 0 Å². The van der Waals surface area contributed by atoms with E-state index in [0.29, 0.717) is 6.61 Å². The highest BCUT2D eigenvalue weighted by molar-refractivity contribution is 6.33. The summed E-state index contributed by atoms with van der Waals surface area (Å²) < 4.78 is 5.32. The van der Waals surface area contributed by atoms with E-state index in [4.69, 9.17) is 16.3 Å². The minimum atomic E-state index is 0.0949. The molecule has 2 aromatic rings. The normalized spacial score (nSPS) is 12.0. The largest absolute Gasteiger partial charge is 0.382 e. The van der Waals surface area contributed by atoms with Crippen LogP contribution in [0.15, 0.2) is 48.5 Å². The van der Waals surface area contributed by atoms with Crippen molar-refractivity contribution in [2.24, 2.45) is 0 Å². The molecule has 2 rings (SSSR count). The average Bonchev–Trinajstić information content (AvgIpc) is 2.47. The van der Waals surface area contributed by atoms with E-state index in [1.54, 1.807) is 7.11 Å². The monoisotopic (exact) mass is 304 g/mol. The Kier molecular flexibility index (Phi) is 5.48. The Hall–Kier alpha value is -1.71. The zero-order valence-corrected chi connectivity index (χ0v) is 13.4. The Morgan fingerprint density at radius 1 is 1.14 bits per heavy atom. The summed E-state index contributed by atoms with van der Waals surface area (Å²) in [6.45, 7) is 0.594. The summed E-state index contributed by atoms with van der Waals surface area (Å²) >= 11 is 6.32. The molecule has 1 unspecified atom stereocenters. The zero-order valence-electron chi connectivity index (χ0n) is 12.6. The summed E-state index contributed by atoms with van der Waals surface area (Å²) in [7, 11) is 5.66. The van der Waals surface area contributed by atoms with Gasteiger partial charge in [0.05, 0.1) is 23.4 Å². The lowest BCUT2D eigenvalue weighted by atomic mass is 10.1. The van der Waals surface area contributed by atoms with Crippen molar-refractivity contribution in [1.82, 2.24) is 0 Å². The highest BCUT2D eigenvalue weighted by atomic mass is 35.5. The van der Waals surface area contributed by atoms with Gasteiger partial charge in [-0.2, -0.15) is 0 Å². The molecule has 0 bridgehead atoms. The van der Waals surface area contributed by atoms with Gasteiger partial charge in [-0.25, -0.2) is 0 Å². The highest BCUT2D eigenvalue weighted by Crippen LogP contribution is 2.29. The van der Waals surface area contributed by atoms with Gasteiger partial charge in [-0.3, -0.25) is 0 Å². The first-order chi connectivity index (χ1) is 10.1. The Balaban J connectivity index is 2.19. The zero-order chi connectivity index (χ0) is 15.2. The number of hydrogen-bond donors (Lipinski definition) is 1. The van der Waals surface area contributed by atoms with Crippen LogP contribution in [0.2, 0.25) is 5.02 Å². The molecule has 0 radical (unpaired) electrons. The fourth-order valence-electron chi connectivity index (χ4n) is 2.23. The number of rotatable bonds is 6. The molecule has 2 aromatic carbocycles. The molecule has 4 heteroatoms. The minimum Gasteiger partial charge on any atom is -0.382 e. The van der Waals surface area contributed by atoms with Gasteiger partial charge in [0.2, 0.25) is 0 Å². The molecule has 0 fully saturated rings. The van der Waals surface area contributed by atoms with E-state index in [0.717, 1.165) is 16.4 Å². The van der Waals surface area contributed by atoms with Gasteiger partial charge in [-0.1, -0.05) is 41.9 Å². The number of ether oxygens (including phenoxy) is 1. The SMILES string of the molecule is COCC(Nc1ccc(N(C)C)c(Cl)c1)c1ccccc1. The molecule has 0 saturated carbocycles. The summed E-state index contributed by atoms with van der Waals surface area (Å²) in [6, 6.07) is 16.3. The summed E-state index contributed by atoms with van der Waals surface area (Å²) in [5.74, 6) is 0. The number of benzene rings is 2. The molecule has 0 aliphatic carbocycles. The third-order valence-electron chi connectivity index (χ3n) is 3.31. The second-order valence-electron chi connectivity index (χ2n) is 5.12. The van der Waals surface area contributed by atoms with E-state index in [1.165, 1.54) is 5.56 Å². The van der Waals surface area contributed by atoms with E-state index in [-0.39, 0.29) is 6.04 Å². The fraction of sp³-hybridized carbons (Fsp3) is 0.294. The van der Waals surface area contributed by atoms with Crippen LogP contribution in [0.4, 0.5) is 11.4 Å². The minimum absolute atomic E-state index is 0.0949. The molecular formula is C17H21ClN2O. The molecule has 0 spiro atoms. The summed E-state index contributed by atoms with van der Waals surface area (Å²) in [5, 5.41) is 4.21. The van der Waals surface area contributed by atoms with Crippen LogP contribution < -0.4 is 10.2 Å². The first-order valence-corrected chi connectivity index (χ1v) is 7.27. The maximum Gasteiger partial charge on any atom is 0.0747 e. The number of methoxy groups -OCH3 is 1. The Bertz CT molecular complexity index is 572. The Morgan fingerprint density at radius 2 is 1.86 bits per heavy atom. The number of halogens is 1. The van der Waals surface area contributed by atoms with Crippen molar-refractivity contribution in [2.45, 2.75) is 6.04 Å². The third kappa shape index (κ3) is 4.13. The number of nitrogens with one attached hydrogen (secondary N) is 1. The molecule has 0 amide bonds. The van der Waals surface area contributed by atoms with Crippen molar-refractivity contribution in [3.8, 4) is 0 Å². The first-order valence-electron chi connectivity index (χ1n) is 6.89.